The van der Waals surface area contributed by atoms with Crippen molar-refractivity contribution in [1.29, 1.82) is 0 Å². The number of hydrogen-bond donors (Lipinski definition) is 1. The van der Waals surface area contributed by atoms with Crippen LogP contribution in [0, 0.1) is 0 Å². The predicted octanol–water partition coefficient (Wildman–Crippen LogP) is 2.83. The van der Waals surface area contributed by atoms with E-state index in [9.17, 15) is 4.79 Å². The molecule has 3 aromatic heterocycles. The van der Waals surface area contributed by atoms with Gasteiger partial charge in [0.1, 0.15) is 10.4 Å². The van der Waals surface area contributed by atoms with Gasteiger partial charge in [0.15, 0.2) is 5.82 Å². The molecular weight excluding hydrogens is 308 g/mol. The molecule has 0 radical (unpaired) electrons. The fraction of sp³-hybridized carbons (Fsp3) is 0.353. The number of fused-ring (bicyclic) bond motifs is 1. The Kier molecular flexibility index (Phi) is 3.71. The van der Waals surface area contributed by atoms with Crippen molar-refractivity contribution in [2.45, 2.75) is 31.8 Å². The first kappa shape index (κ1) is 14.5. The molecule has 118 valence electrons. The van der Waals surface area contributed by atoms with E-state index in [1.807, 2.05) is 34.2 Å². The van der Waals surface area contributed by atoms with Crippen LogP contribution in [-0.2, 0) is 0 Å². The normalized spacial score (nSPS) is 21.6. The van der Waals surface area contributed by atoms with E-state index in [0.717, 1.165) is 35.3 Å². The average Bonchev–Trinajstić information content (AvgIpc) is 3.04. The first-order valence-corrected chi connectivity index (χ1v) is 8.76. The van der Waals surface area contributed by atoms with Gasteiger partial charge in [0.2, 0.25) is 0 Å². The first-order chi connectivity index (χ1) is 11.2. The van der Waals surface area contributed by atoms with E-state index in [-0.39, 0.29) is 11.6 Å². The third kappa shape index (κ3) is 2.58. The van der Waals surface area contributed by atoms with Crippen LogP contribution in [0.25, 0.3) is 21.7 Å². The van der Waals surface area contributed by atoms with E-state index < -0.39 is 0 Å². The van der Waals surface area contributed by atoms with Crippen LogP contribution >= 0.6 is 11.3 Å². The number of nitrogens with one attached hydrogen (secondary N) is 1. The SMILES string of the molecule is C[C@H]1C[C@@H](n2c(-c3ccccn3)nc3ccsc3c2=O)CCN1. The third-order valence-corrected chi connectivity index (χ3v) is 5.26. The van der Waals surface area contributed by atoms with Gasteiger partial charge >= 0.3 is 0 Å². The molecule has 1 aliphatic rings. The topological polar surface area (TPSA) is 59.8 Å². The Hall–Kier alpha value is -2.05. The highest BCUT2D eigenvalue weighted by Gasteiger charge is 2.25. The van der Waals surface area contributed by atoms with E-state index in [1.165, 1.54) is 11.3 Å². The molecule has 0 aromatic carbocycles. The van der Waals surface area contributed by atoms with Crippen molar-refractivity contribution in [3.8, 4) is 11.5 Å². The van der Waals surface area contributed by atoms with Crippen molar-refractivity contribution in [3.05, 3.63) is 46.2 Å². The summed E-state index contributed by atoms with van der Waals surface area (Å²) in [5.41, 5.74) is 1.58. The number of rotatable bonds is 2. The summed E-state index contributed by atoms with van der Waals surface area (Å²) in [4.78, 5) is 22.3. The Bertz CT molecular complexity index is 886. The van der Waals surface area contributed by atoms with E-state index in [4.69, 9.17) is 4.98 Å². The molecular formula is C17H18N4OS. The smallest absolute Gasteiger partial charge is 0.272 e. The van der Waals surface area contributed by atoms with Gasteiger partial charge in [-0.1, -0.05) is 6.07 Å². The van der Waals surface area contributed by atoms with Crippen molar-refractivity contribution in [2.24, 2.45) is 0 Å². The van der Waals surface area contributed by atoms with Crippen LogP contribution in [0.1, 0.15) is 25.8 Å². The van der Waals surface area contributed by atoms with E-state index in [1.54, 1.807) is 6.20 Å². The zero-order valence-electron chi connectivity index (χ0n) is 12.9. The zero-order valence-corrected chi connectivity index (χ0v) is 13.7. The fourth-order valence-electron chi connectivity index (χ4n) is 3.28. The highest BCUT2D eigenvalue weighted by atomic mass is 32.1. The van der Waals surface area contributed by atoms with Crippen LogP contribution < -0.4 is 10.9 Å². The van der Waals surface area contributed by atoms with E-state index in [0.29, 0.717) is 11.9 Å². The lowest BCUT2D eigenvalue weighted by Gasteiger charge is -2.30. The van der Waals surface area contributed by atoms with Gasteiger partial charge in [0, 0.05) is 18.3 Å². The second kappa shape index (κ2) is 5.86. The molecule has 2 atom stereocenters. The quantitative estimate of drug-likeness (QED) is 0.787. The zero-order chi connectivity index (χ0) is 15.8. The minimum atomic E-state index is 0.0600. The van der Waals surface area contributed by atoms with Crippen molar-refractivity contribution in [3.63, 3.8) is 0 Å². The number of nitrogens with zero attached hydrogens (tertiary/aromatic N) is 3. The highest BCUT2D eigenvalue weighted by molar-refractivity contribution is 7.17. The number of pyridine rings is 1. The van der Waals surface area contributed by atoms with Crippen LogP contribution in [0.15, 0.2) is 40.6 Å². The van der Waals surface area contributed by atoms with Gasteiger partial charge in [-0.25, -0.2) is 4.98 Å². The maximum atomic E-state index is 13.1. The molecule has 0 amide bonds. The summed E-state index contributed by atoms with van der Waals surface area (Å²) in [6.07, 6.45) is 3.61. The molecule has 0 spiro atoms. The van der Waals surface area contributed by atoms with Crippen LogP contribution in [0.5, 0.6) is 0 Å². The summed E-state index contributed by atoms with van der Waals surface area (Å²) >= 11 is 1.46. The van der Waals surface area contributed by atoms with Gasteiger partial charge in [-0.05, 0) is 49.9 Å². The van der Waals surface area contributed by atoms with Crippen molar-refractivity contribution in [1.82, 2.24) is 19.9 Å². The monoisotopic (exact) mass is 326 g/mol. The lowest BCUT2D eigenvalue weighted by Crippen LogP contribution is -2.40. The number of aromatic nitrogens is 3. The largest absolute Gasteiger partial charge is 0.314 e. The summed E-state index contributed by atoms with van der Waals surface area (Å²) in [6, 6.07) is 8.19. The lowest BCUT2D eigenvalue weighted by atomic mass is 10.00. The summed E-state index contributed by atoms with van der Waals surface area (Å²) in [7, 11) is 0. The van der Waals surface area contributed by atoms with Gasteiger partial charge in [-0.15, -0.1) is 11.3 Å². The van der Waals surface area contributed by atoms with Gasteiger partial charge in [0.05, 0.1) is 5.52 Å². The average molecular weight is 326 g/mol. The second-order valence-corrected chi connectivity index (χ2v) is 6.91. The molecule has 23 heavy (non-hydrogen) atoms. The molecule has 3 aromatic rings. The molecule has 6 heteroatoms. The standard InChI is InChI=1S/C17H18N4OS/c1-11-10-12(5-8-18-11)21-16(14-4-2-3-7-19-14)20-13-6-9-23-15(13)17(21)22/h2-4,6-7,9,11-12,18H,5,8,10H2,1H3/t11-,12-/m0/s1. The van der Waals surface area contributed by atoms with Gasteiger partial charge in [-0.3, -0.25) is 14.3 Å². The Labute approximate surface area is 138 Å². The van der Waals surface area contributed by atoms with Crippen molar-refractivity contribution in [2.75, 3.05) is 6.54 Å². The molecule has 5 nitrogen and oxygen atoms in total. The van der Waals surface area contributed by atoms with Crippen LogP contribution in [0.3, 0.4) is 0 Å². The van der Waals surface area contributed by atoms with Crippen molar-refractivity contribution < 1.29 is 0 Å². The molecule has 1 N–H and O–H groups in total. The Morgan fingerprint density at radius 2 is 2.26 bits per heavy atom. The Balaban J connectivity index is 1.96. The molecule has 1 fully saturated rings. The first-order valence-electron chi connectivity index (χ1n) is 7.88. The summed E-state index contributed by atoms with van der Waals surface area (Å²) < 4.78 is 2.61. The fourth-order valence-corrected chi connectivity index (χ4v) is 4.05. The number of thiophene rings is 1. The minimum absolute atomic E-state index is 0.0600. The Morgan fingerprint density at radius 1 is 1.35 bits per heavy atom. The molecule has 4 heterocycles. The van der Waals surface area contributed by atoms with Gasteiger partial charge < -0.3 is 5.32 Å². The maximum Gasteiger partial charge on any atom is 0.272 e. The summed E-state index contributed by atoms with van der Waals surface area (Å²) in [6.45, 7) is 3.08. The molecule has 0 aliphatic carbocycles. The molecule has 0 saturated carbocycles. The predicted molar refractivity (Wildman–Crippen MR) is 92.8 cm³/mol. The number of hydrogen-bond acceptors (Lipinski definition) is 5. The van der Waals surface area contributed by atoms with Crippen LogP contribution in [0.2, 0.25) is 0 Å². The number of piperidine rings is 1. The summed E-state index contributed by atoms with van der Waals surface area (Å²) in [5, 5.41) is 5.37. The van der Waals surface area contributed by atoms with E-state index in [2.05, 4.69) is 17.2 Å². The van der Waals surface area contributed by atoms with Crippen LogP contribution in [0.4, 0.5) is 0 Å². The molecule has 0 unspecified atom stereocenters. The Morgan fingerprint density at radius 3 is 3.04 bits per heavy atom. The van der Waals surface area contributed by atoms with E-state index >= 15 is 0 Å². The van der Waals surface area contributed by atoms with Gasteiger partial charge in [-0.2, -0.15) is 0 Å². The van der Waals surface area contributed by atoms with Crippen molar-refractivity contribution >= 4 is 21.6 Å². The highest BCUT2D eigenvalue weighted by Crippen LogP contribution is 2.27. The second-order valence-electron chi connectivity index (χ2n) is 5.99. The molecule has 0 bridgehead atoms. The minimum Gasteiger partial charge on any atom is -0.314 e. The van der Waals surface area contributed by atoms with Crippen LogP contribution in [-0.4, -0.2) is 27.1 Å². The maximum absolute atomic E-state index is 13.1. The molecule has 1 aliphatic heterocycles. The lowest BCUT2D eigenvalue weighted by molar-refractivity contribution is 0.309. The summed E-state index contributed by atoms with van der Waals surface area (Å²) in [5.74, 6) is 0.681. The van der Waals surface area contributed by atoms with Gasteiger partial charge in [0.25, 0.3) is 5.56 Å². The molecule has 1 saturated heterocycles. The third-order valence-electron chi connectivity index (χ3n) is 4.37. The molecule has 4 rings (SSSR count).